The van der Waals surface area contributed by atoms with Crippen LogP contribution in [0.4, 0.5) is 5.69 Å². The number of methoxy groups -OCH3 is 2. The highest BCUT2D eigenvalue weighted by atomic mass is 16.5. The van der Waals surface area contributed by atoms with Gasteiger partial charge in [0, 0.05) is 17.8 Å². The highest BCUT2D eigenvalue weighted by Gasteiger charge is 2.12. The summed E-state index contributed by atoms with van der Waals surface area (Å²) in [7, 11) is 3.31. The molecule has 0 aliphatic carbocycles. The van der Waals surface area contributed by atoms with Crippen LogP contribution in [-0.4, -0.2) is 14.2 Å². The zero-order chi connectivity index (χ0) is 15.4. The molecule has 3 nitrogen and oxygen atoms in total. The maximum atomic E-state index is 5.38. The summed E-state index contributed by atoms with van der Waals surface area (Å²) < 4.78 is 10.7. The van der Waals surface area contributed by atoms with Crippen molar-refractivity contribution in [1.82, 2.24) is 0 Å². The number of rotatable bonds is 5. The summed E-state index contributed by atoms with van der Waals surface area (Å²) in [4.78, 5) is 0. The molecule has 1 atom stereocenters. The third-order valence-electron chi connectivity index (χ3n) is 3.76. The highest BCUT2D eigenvalue weighted by molar-refractivity contribution is 5.61. The summed E-state index contributed by atoms with van der Waals surface area (Å²) in [6, 6.07) is 12.6. The van der Waals surface area contributed by atoms with Crippen LogP contribution in [0.2, 0.25) is 0 Å². The second-order valence-corrected chi connectivity index (χ2v) is 5.24. The minimum absolute atomic E-state index is 0.225. The minimum Gasteiger partial charge on any atom is -0.493 e. The lowest BCUT2D eigenvalue weighted by atomic mass is 10.0. The van der Waals surface area contributed by atoms with Crippen molar-refractivity contribution in [3.63, 3.8) is 0 Å². The van der Waals surface area contributed by atoms with Gasteiger partial charge in [0.15, 0.2) is 11.5 Å². The van der Waals surface area contributed by atoms with Crippen LogP contribution in [0.15, 0.2) is 36.4 Å². The number of nitrogens with one attached hydrogen (secondary N) is 1. The minimum atomic E-state index is 0.225. The second-order valence-electron chi connectivity index (χ2n) is 5.24. The first-order chi connectivity index (χ1) is 10.1. The number of hydrogen-bond acceptors (Lipinski definition) is 3. The molecule has 0 heterocycles. The Morgan fingerprint density at radius 2 is 1.52 bits per heavy atom. The van der Waals surface area contributed by atoms with Crippen molar-refractivity contribution >= 4 is 5.69 Å². The number of hydrogen-bond donors (Lipinski definition) is 1. The van der Waals surface area contributed by atoms with E-state index in [4.69, 9.17) is 9.47 Å². The first kappa shape index (κ1) is 15.2. The zero-order valence-electron chi connectivity index (χ0n) is 13.4. The number of aryl methyl sites for hydroxylation is 2. The average molecular weight is 285 g/mol. The summed E-state index contributed by atoms with van der Waals surface area (Å²) in [5.41, 5.74) is 4.78. The van der Waals surface area contributed by atoms with Crippen molar-refractivity contribution in [2.75, 3.05) is 19.5 Å². The van der Waals surface area contributed by atoms with Crippen molar-refractivity contribution in [3.8, 4) is 11.5 Å². The lowest BCUT2D eigenvalue weighted by molar-refractivity contribution is 0.355. The maximum Gasteiger partial charge on any atom is 0.162 e. The van der Waals surface area contributed by atoms with Crippen LogP contribution in [-0.2, 0) is 0 Å². The zero-order valence-corrected chi connectivity index (χ0v) is 13.4. The Kier molecular flexibility index (Phi) is 4.73. The van der Waals surface area contributed by atoms with Crippen molar-refractivity contribution in [2.24, 2.45) is 0 Å². The van der Waals surface area contributed by atoms with Crippen LogP contribution in [0.3, 0.4) is 0 Å². The van der Waals surface area contributed by atoms with E-state index in [-0.39, 0.29) is 6.04 Å². The molecule has 0 radical (unpaired) electrons. The predicted octanol–water partition coefficient (Wildman–Crippen LogP) is 4.49. The molecule has 21 heavy (non-hydrogen) atoms. The molecule has 2 aromatic carbocycles. The van der Waals surface area contributed by atoms with E-state index in [1.807, 2.05) is 12.1 Å². The molecule has 0 fully saturated rings. The third-order valence-corrected chi connectivity index (χ3v) is 3.76. The van der Waals surface area contributed by atoms with Crippen LogP contribution in [0.1, 0.15) is 29.7 Å². The van der Waals surface area contributed by atoms with Crippen LogP contribution >= 0.6 is 0 Å². The fraction of sp³-hybridized carbons (Fsp3) is 0.333. The molecule has 112 valence electrons. The van der Waals surface area contributed by atoms with Gasteiger partial charge in [0.2, 0.25) is 0 Å². The van der Waals surface area contributed by atoms with Crippen molar-refractivity contribution in [2.45, 2.75) is 26.8 Å². The van der Waals surface area contributed by atoms with E-state index in [1.165, 1.54) is 11.1 Å². The summed E-state index contributed by atoms with van der Waals surface area (Å²) in [6.45, 7) is 6.36. The van der Waals surface area contributed by atoms with E-state index < -0.39 is 0 Å². The Balaban J connectivity index is 2.29. The third kappa shape index (κ3) is 3.30. The molecule has 1 N–H and O–H groups in total. The van der Waals surface area contributed by atoms with Crippen molar-refractivity contribution < 1.29 is 9.47 Å². The lowest BCUT2D eigenvalue weighted by Gasteiger charge is -2.20. The first-order valence-electron chi connectivity index (χ1n) is 7.11. The van der Waals surface area contributed by atoms with E-state index in [0.29, 0.717) is 0 Å². The van der Waals surface area contributed by atoms with Gasteiger partial charge in [0.25, 0.3) is 0 Å². The summed E-state index contributed by atoms with van der Waals surface area (Å²) in [6.07, 6.45) is 0. The largest absolute Gasteiger partial charge is 0.493 e. The SMILES string of the molecule is COc1cc(C)c(NC(C)c2ccccc2C)cc1OC. The normalized spacial score (nSPS) is 11.9. The monoisotopic (exact) mass is 285 g/mol. The summed E-state index contributed by atoms with van der Waals surface area (Å²) >= 11 is 0. The van der Waals surface area contributed by atoms with Gasteiger partial charge in [-0.3, -0.25) is 0 Å². The number of ether oxygens (including phenoxy) is 2. The molecular weight excluding hydrogens is 262 g/mol. The molecule has 3 heteroatoms. The maximum absolute atomic E-state index is 5.38. The molecule has 0 spiro atoms. The molecule has 0 bridgehead atoms. The van der Waals surface area contributed by atoms with E-state index >= 15 is 0 Å². The van der Waals surface area contributed by atoms with Gasteiger partial charge in [0.05, 0.1) is 14.2 Å². The fourth-order valence-electron chi connectivity index (χ4n) is 2.52. The molecule has 0 aromatic heterocycles. The fourth-order valence-corrected chi connectivity index (χ4v) is 2.52. The van der Waals surface area contributed by atoms with Gasteiger partial charge < -0.3 is 14.8 Å². The molecule has 0 saturated heterocycles. The topological polar surface area (TPSA) is 30.5 Å². The Labute approximate surface area is 126 Å². The molecule has 2 rings (SSSR count). The van der Waals surface area contributed by atoms with Gasteiger partial charge in [-0.05, 0) is 43.5 Å². The second kappa shape index (κ2) is 6.53. The van der Waals surface area contributed by atoms with E-state index in [1.54, 1.807) is 14.2 Å². The molecule has 0 aliphatic rings. The molecule has 2 aromatic rings. The Morgan fingerprint density at radius 3 is 2.14 bits per heavy atom. The smallest absolute Gasteiger partial charge is 0.162 e. The van der Waals surface area contributed by atoms with Crippen LogP contribution in [0.25, 0.3) is 0 Å². The molecule has 1 unspecified atom stereocenters. The van der Waals surface area contributed by atoms with Gasteiger partial charge in [-0.25, -0.2) is 0 Å². The molecular formula is C18H23NO2. The van der Waals surface area contributed by atoms with Gasteiger partial charge in [-0.2, -0.15) is 0 Å². The first-order valence-corrected chi connectivity index (χ1v) is 7.11. The summed E-state index contributed by atoms with van der Waals surface area (Å²) in [5.74, 6) is 1.49. The summed E-state index contributed by atoms with van der Waals surface area (Å²) in [5, 5.41) is 3.56. The van der Waals surface area contributed by atoms with E-state index in [9.17, 15) is 0 Å². The van der Waals surface area contributed by atoms with Crippen LogP contribution in [0, 0.1) is 13.8 Å². The van der Waals surface area contributed by atoms with Crippen LogP contribution in [0.5, 0.6) is 11.5 Å². The Bertz CT molecular complexity index is 623. The van der Waals surface area contributed by atoms with Crippen molar-refractivity contribution in [3.05, 3.63) is 53.1 Å². The van der Waals surface area contributed by atoms with Crippen LogP contribution < -0.4 is 14.8 Å². The average Bonchev–Trinajstić information content (AvgIpc) is 2.49. The molecule has 0 amide bonds. The predicted molar refractivity (Wildman–Crippen MR) is 87.5 cm³/mol. The van der Waals surface area contributed by atoms with Gasteiger partial charge in [-0.15, -0.1) is 0 Å². The quantitative estimate of drug-likeness (QED) is 0.877. The molecule has 0 saturated carbocycles. The van der Waals surface area contributed by atoms with Gasteiger partial charge in [0.1, 0.15) is 0 Å². The Morgan fingerprint density at radius 1 is 0.905 bits per heavy atom. The van der Waals surface area contributed by atoms with E-state index in [2.05, 4.69) is 50.4 Å². The standard InChI is InChI=1S/C18H23NO2/c1-12-8-6-7-9-15(12)14(3)19-16-11-18(21-5)17(20-4)10-13(16)2/h6-11,14,19H,1-5H3. The number of anilines is 1. The lowest BCUT2D eigenvalue weighted by Crippen LogP contribution is -2.09. The number of benzene rings is 2. The Hall–Kier alpha value is -2.16. The highest BCUT2D eigenvalue weighted by Crippen LogP contribution is 2.34. The van der Waals surface area contributed by atoms with Gasteiger partial charge >= 0.3 is 0 Å². The van der Waals surface area contributed by atoms with Crippen molar-refractivity contribution in [1.29, 1.82) is 0 Å². The molecule has 0 aliphatic heterocycles. The van der Waals surface area contributed by atoms with E-state index in [0.717, 1.165) is 22.7 Å². The van der Waals surface area contributed by atoms with Gasteiger partial charge in [-0.1, -0.05) is 24.3 Å².